The van der Waals surface area contributed by atoms with Crippen molar-refractivity contribution in [2.45, 2.75) is 32.4 Å². The van der Waals surface area contributed by atoms with Crippen LogP contribution < -0.4 is 0 Å². The first kappa shape index (κ1) is 11.5. The summed E-state index contributed by atoms with van der Waals surface area (Å²) in [6, 6.07) is 13.1. The monoisotopic (exact) mass is 242 g/mol. The van der Waals surface area contributed by atoms with Gasteiger partial charge in [-0.05, 0) is 31.9 Å². The Morgan fingerprint density at radius 1 is 1.33 bits per heavy atom. The number of hydrogen-bond acceptors (Lipinski definition) is 3. The van der Waals surface area contributed by atoms with E-state index in [-0.39, 0.29) is 0 Å². The molecule has 1 aliphatic heterocycles. The molecule has 1 atom stereocenters. The molecular weight excluding hydrogens is 224 g/mol. The average Bonchev–Trinajstić information content (AvgIpc) is 2.99. The van der Waals surface area contributed by atoms with Gasteiger partial charge in [-0.2, -0.15) is 0 Å². The van der Waals surface area contributed by atoms with E-state index in [9.17, 15) is 0 Å². The van der Waals surface area contributed by atoms with Crippen LogP contribution in [0.3, 0.4) is 0 Å². The van der Waals surface area contributed by atoms with Crippen molar-refractivity contribution in [1.29, 1.82) is 0 Å². The molecule has 1 saturated heterocycles. The molecule has 18 heavy (non-hydrogen) atoms. The first-order valence-corrected chi connectivity index (χ1v) is 6.54. The van der Waals surface area contributed by atoms with Crippen LogP contribution in [0, 0.1) is 6.92 Å². The molecule has 0 aliphatic carbocycles. The number of likely N-dealkylation sites (tertiary alicyclic amines) is 1. The third-order valence-electron chi connectivity index (χ3n) is 3.57. The first-order valence-electron chi connectivity index (χ1n) is 6.54. The Bertz CT molecular complexity index is 506. The Hall–Kier alpha value is -1.61. The van der Waals surface area contributed by atoms with E-state index in [0.717, 1.165) is 24.5 Å². The van der Waals surface area contributed by atoms with Gasteiger partial charge in [-0.25, -0.2) is 0 Å². The zero-order valence-corrected chi connectivity index (χ0v) is 10.7. The summed E-state index contributed by atoms with van der Waals surface area (Å²) >= 11 is 0. The molecule has 0 spiro atoms. The average molecular weight is 242 g/mol. The molecule has 3 rings (SSSR count). The third kappa shape index (κ3) is 2.31. The number of benzene rings is 1. The van der Waals surface area contributed by atoms with Crippen molar-refractivity contribution >= 4 is 0 Å². The van der Waals surface area contributed by atoms with Crippen LogP contribution in [0.2, 0.25) is 0 Å². The number of nitrogens with zero attached hydrogens (tertiary/aromatic N) is 2. The summed E-state index contributed by atoms with van der Waals surface area (Å²) in [6.07, 6.45) is 2.40. The summed E-state index contributed by atoms with van der Waals surface area (Å²) in [4.78, 5) is 2.48. The van der Waals surface area contributed by atoms with E-state index >= 15 is 0 Å². The maximum atomic E-state index is 5.42. The summed E-state index contributed by atoms with van der Waals surface area (Å²) in [6.45, 7) is 4.11. The smallest absolute Gasteiger partial charge is 0.154 e. The van der Waals surface area contributed by atoms with Crippen molar-refractivity contribution in [2.24, 2.45) is 0 Å². The summed E-state index contributed by atoms with van der Waals surface area (Å²) in [5, 5.41) is 4.00. The number of aromatic nitrogens is 1. The van der Waals surface area contributed by atoms with E-state index in [1.165, 1.54) is 18.4 Å². The van der Waals surface area contributed by atoms with Crippen LogP contribution in [0.25, 0.3) is 0 Å². The molecule has 1 aromatic heterocycles. The highest BCUT2D eigenvalue weighted by molar-refractivity contribution is 5.16. The summed E-state index contributed by atoms with van der Waals surface area (Å²) < 4.78 is 5.42. The lowest BCUT2D eigenvalue weighted by atomic mass is 10.1. The van der Waals surface area contributed by atoms with Gasteiger partial charge in [0, 0.05) is 12.6 Å². The van der Waals surface area contributed by atoms with Gasteiger partial charge in [0.1, 0.15) is 0 Å². The highest BCUT2D eigenvalue weighted by Crippen LogP contribution is 2.33. The largest absolute Gasteiger partial charge is 0.359 e. The minimum atomic E-state index is 0.395. The zero-order valence-electron chi connectivity index (χ0n) is 10.7. The molecule has 1 aromatic carbocycles. The second-order valence-electron chi connectivity index (χ2n) is 4.98. The van der Waals surface area contributed by atoms with Crippen molar-refractivity contribution in [1.82, 2.24) is 10.1 Å². The predicted octanol–water partition coefficient (Wildman–Crippen LogP) is 3.32. The quantitative estimate of drug-likeness (QED) is 0.826. The molecule has 0 radical (unpaired) electrons. The summed E-state index contributed by atoms with van der Waals surface area (Å²) in [5.74, 6) is 1.01. The molecule has 0 N–H and O–H groups in total. The van der Waals surface area contributed by atoms with Crippen molar-refractivity contribution in [3.05, 3.63) is 53.4 Å². The van der Waals surface area contributed by atoms with Gasteiger partial charge >= 0.3 is 0 Å². The number of aryl methyl sites for hydroxylation is 1. The van der Waals surface area contributed by atoms with E-state index in [2.05, 4.69) is 46.5 Å². The topological polar surface area (TPSA) is 29.3 Å². The van der Waals surface area contributed by atoms with Crippen LogP contribution in [0.5, 0.6) is 0 Å². The van der Waals surface area contributed by atoms with Crippen molar-refractivity contribution < 1.29 is 4.52 Å². The van der Waals surface area contributed by atoms with Crippen molar-refractivity contribution in [3.8, 4) is 0 Å². The third-order valence-corrected chi connectivity index (χ3v) is 3.57. The van der Waals surface area contributed by atoms with E-state index in [1.54, 1.807) is 0 Å². The SMILES string of the molecule is Cc1cc([C@H]2CCCN2Cc2ccccc2)on1. The molecule has 1 aliphatic rings. The molecule has 2 heterocycles. The number of rotatable bonds is 3. The minimum Gasteiger partial charge on any atom is -0.359 e. The molecule has 0 saturated carbocycles. The van der Waals surface area contributed by atoms with Crippen LogP contribution in [0.4, 0.5) is 0 Å². The fourth-order valence-electron chi connectivity index (χ4n) is 2.70. The molecule has 1 fully saturated rings. The van der Waals surface area contributed by atoms with Crippen LogP contribution >= 0.6 is 0 Å². The van der Waals surface area contributed by atoms with Gasteiger partial charge in [0.25, 0.3) is 0 Å². The molecule has 0 unspecified atom stereocenters. The fourth-order valence-corrected chi connectivity index (χ4v) is 2.70. The highest BCUT2D eigenvalue weighted by Gasteiger charge is 2.28. The normalized spacial score (nSPS) is 20.4. The first-order chi connectivity index (χ1) is 8.83. The van der Waals surface area contributed by atoms with Gasteiger partial charge in [-0.1, -0.05) is 35.5 Å². The maximum absolute atomic E-state index is 5.42. The Balaban J connectivity index is 1.75. The standard InChI is InChI=1S/C15H18N2O/c1-12-10-15(18-16-12)14-8-5-9-17(14)11-13-6-3-2-4-7-13/h2-4,6-7,10,14H,5,8-9,11H2,1H3/t14-/m1/s1. The molecule has 2 aromatic rings. The van der Waals surface area contributed by atoms with Gasteiger partial charge in [0.05, 0.1) is 11.7 Å². The molecule has 0 amide bonds. The predicted molar refractivity (Wildman–Crippen MR) is 70.1 cm³/mol. The summed E-state index contributed by atoms with van der Waals surface area (Å²) in [5.41, 5.74) is 2.33. The Morgan fingerprint density at radius 2 is 2.17 bits per heavy atom. The van der Waals surface area contributed by atoms with Gasteiger partial charge in [-0.15, -0.1) is 0 Å². The van der Waals surface area contributed by atoms with Gasteiger partial charge in [0.15, 0.2) is 5.76 Å². The summed E-state index contributed by atoms with van der Waals surface area (Å²) in [7, 11) is 0. The molecule has 94 valence electrons. The molecular formula is C15H18N2O. The van der Waals surface area contributed by atoms with Crippen LogP contribution in [-0.4, -0.2) is 16.6 Å². The second-order valence-corrected chi connectivity index (χ2v) is 4.98. The lowest BCUT2D eigenvalue weighted by Gasteiger charge is -2.22. The van der Waals surface area contributed by atoms with E-state index in [4.69, 9.17) is 4.52 Å². The van der Waals surface area contributed by atoms with Crippen LogP contribution in [0.1, 0.15) is 35.9 Å². The zero-order chi connectivity index (χ0) is 12.4. The van der Waals surface area contributed by atoms with Gasteiger partial charge in [-0.3, -0.25) is 4.90 Å². The Morgan fingerprint density at radius 3 is 2.89 bits per heavy atom. The van der Waals surface area contributed by atoms with E-state index < -0.39 is 0 Å². The highest BCUT2D eigenvalue weighted by atomic mass is 16.5. The molecule has 0 bridgehead atoms. The van der Waals surface area contributed by atoms with Crippen LogP contribution in [-0.2, 0) is 6.54 Å². The van der Waals surface area contributed by atoms with Crippen molar-refractivity contribution in [3.63, 3.8) is 0 Å². The molecule has 3 heteroatoms. The number of hydrogen-bond donors (Lipinski definition) is 0. The Labute approximate surface area is 107 Å². The fraction of sp³-hybridized carbons (Fsp3) is 0.400. The molecule has 3 nitrogen and oxygen atoms in total. The maximum Gasteiger partial charge on any atom is 0.154 e. The minimum absolute atomic E-state index is 0.395. The lowest BCUT2D eigenvalue weighted by Crippen LogP contribution is -2.22. The Kier molecular flexibility index (Phi) is 3.15. The van der Waals surface area contributed by atoms with Gasteiger partial charge < -0.3 is 4.52 Å². The van der Waals surface area contributed by atoms with E-state index in [1.807, 2.05) is 6.92 Å². The van der Waals surface area contributed by atoms with Gasteiger partial charge in [0.2, 0.25) is 0 Å². The lowest BCUT2D eigenvalue weighted by molar-refractivity contribution is 0.206. The van der Waals surface area contributed by atoms with Crippen molar-refractivity contribution in [2.75, 3.05) is 6.54 Å². The van der Waals surface area contributed by atoms with Crippen LogP contribution in [0.15, 0.2) is 40.9 Å². The van der Waals surface area contributed by atoms with E-state index in [0.29, 0.717) is 6.04 Å². The second kappa shape index (κ2) is 4.94.